The topological polar surface area (TPSA) is 52.6 Å². The molecule has 0 bridgehead atoms. The summed E-state index contributed by atoms with van der Waals surface area (Å²) in [5.41, 5.74) is 1.53. The lowest BCUT2D eigenvalue weighted by atomic mass is 9.98. The van der Waals surface area contributed by atoms with Gasteiger partial charge in [-0.15, -0.1) is 0 Å². The Balaban J connectivity index is 1.91. The van der Waals surface area contributed by atoms with E-state index in [0.29, 0.717) is 11.1 Å². The average molecular weight is 406 g/mol. The third kappa shape index (κ3) is 4.67. The second-order valence-electron chi connectivity index (χ2n) is 6.11. The minimum atomic E-state index is -0.693. The fraction of sp³-hybridized carbons (Fsp3) is 0. The maximum atomic E-state index is 14.6. The zero-order valence-electron chi connectivity index (χ0n) is 15.7. The predicted octanol–water partition coefficient (Wildman–Crippen LogP) is 5.48. The second kappa shape index (κ2) is 8.96. The number of rotatable bonds is 6. The van der Waals surface area contributed by atoms with Crippen molar-refractivity contribution in [2.45, 2.75) is 0 Å². The Morgan fingerprint density at radius 1 is 0.700 bits per heavy atom. The first-order chi connectivity index (χ1) is 14.4. The van der Waals surface area contributed by atoms with Gasteiger partial charge in [0.15, 0.2) is 0 Å². The average Bonchev–Trinajstić information content (AvgIpc) is 2.73. The van der Waals surface area contributed by atoms with Gasteiger partial charge >= 0.3 is 11.9 Å². The van der Waals surface area contributed by atoms with Crippen LogP contribution in [0.1, 0.15) is 0 Å². The van der Waals surface area contributed by atoms with Crippen LogP contribution in [0.15, 0.2) is 86.0 Å². The van der Waals surface area contributed by atoms with Gasteiger partial charge < -0.3 is 9.47 Å². The van der Waals surface area contributed by atoms with Gasteiger partial charge in [0, 0.05) is 35.4 Å². The van der Waals surface area contributed by atoms with E-state index in [2.05, 4.69) is 13.2 Å². The Bertz CT molecular complexity index is 1060. The third-order valence-corrected chi connectivity index (χ3v) is 4.14. The number of ether oxygens (including phenoxy) is 2. The summed E-state index contributed by atoms with van der Waals surface area (Å²) in [6.07, 6.45) is 1.96. The van der Waals surface area contributed by atoms with Crippen LogP contribution < -0.4 is 9.47 Å². The lowest BCUT2D eigenvalue weighted by Gasteiger charge is -2.10. The summed E-state index contributed by atoms with van der Waals surface area (Å²) < 4.78 is 38.9. The zero-order valence-corrected chi connectivity index (χ0v) is 15.7. The van der Waals surface area contributed by atoms with Gasteiger partial charge in [0.2, 0.25) is 0 Å². The molecule has 0 aliphatic heterocycles. The standard InChI is InChI=1S/C24H16F2O4/c1-3-23(27)29-17-8-10-19(21(25)13-17)15-6-5-7-16(12-15)20-11-9-18(14-22(20)26)30-24(28)4-2/h3-14H,1-2H2. The maximum Gasteiger partial charge on any atom is 0.335 e. The quantitative estimate of drug-likeness (QED) is 0.309. The summed E-state index contributed by atoms with van der Waals surface area (Å²) >= 11 is 0. The van der Waals surface area contributed by atoms with Crippen molar-refractivity contribution in [2.75, 3.05) is 0 Å². The van der Waals surface area contributed by atoms with Crippen molar-refractivity contribution in [3.05, 3.63) is 97.6 Å². The van der Waals surface area contributed by atoms with Crippen LogP contribution in [-0.2, 0) is 9.59 Å². The zero-order chi connectivity index (χ0) is 21.7. The second-order valence-corrected chi connectivity index (χ2v) is 6.11. The molecule has 0 fully saturated rings. The number of hydrogen-bond acceptors (Lipinski definition) is 4. The summed E-state index contributed by atoms with van der Waals surface area (Å²) in [6, 6.07) is 14.7. The van der Waals surface area contributed by atoms with Crippen LogP contribution in [0, 0.1) is 11.6 Å². The Labute approximate surface area is 171 Å². The Hall–Kier alpha value is -4.06. The first kappa shape index (κ1) is 20.7. The van der Waals surface area contributed by atoms with Gasteiger partial charge in [-0.25, -0.2) is 18.4 Å². The summed E-state index contributed by atoms with van der Waals surface area (Å²) in [5, 5.41) is 0. The number of carbonyl (C=O) groups is 2. The summed E-state index contributed by atoms with van der Waals surface area (Å²) in [6.45, 7) is 6.57. The van der Waals surface area contributed by atoms with E-state index >= 15 is 0 Å². The van der Waals surface area contributed by atoms with Gasteiger partial charge in [-0.2, -0.15) is 0 Å². The van der Waals surface area contributed by atoms with Gasteiger partial charge in [0.1, 0.15) is 23.1 Å². The third-order valence-electron chi connectivity index (χ3n) is 4.14. The van der Waals surface area contributed by atoms with E-state index in [1.807, 2.05) is 0 Å². The van der Waals surface area contributed by atoms with Crippen LogP contribution in [0.4, 0.5) is 8.78 Å². The Kier molecular flexibility index (Phi) is 6.17. The highest BCUT2D eigenvalue weighted by Gasteiger charge is 2.12. The van der Waals surface area contributed by atoms with Crippen LogP contribution in [0.2, 0.25) is 0 Å². The molecule has 0 unspecified atom stereocenters. The molecule has 6 heteroatoms. The van der Waals surface area contributed by atoms with Crippen LogP contribution >= 0.6 is 0 Å². The van der Waals surface area contributed by atoms with Crippen molar-refractivity contribution < 1.29 is 27.8 Å². The van der Waals surface area contributed by atoms with Crippen LogP contribution in [0.5, 0.6) is 11.5 Å². The van der Waals surface area contributed by atoms with Gasteiger partial charge in [-0.3, -0.25) is 0 Å². The van der Waals surface area contributed by atoms with Crippen LogP contribution in [0.25, 0.3) is 22.3 Å². The molecule has 30 heavy (non-hydrogen) atoms. The number of halogens is 2. The fourth-order valence-electron chi connectivity index (χ4n) is 2.76. The molecular formula is C24H16F2O4. The van der Waals surface area contributed by atoms with Crippen LogP contribution in [-0.4, -0.2) is 11.9 Å². The van der Waals surface area contributed by atoms with E-state index in [1.54, 1.807) is 24.3 Å². The van der Waals surface area contributed by atoms with Crippen molar-refractivity contribution in [2.24, 2.45) is 0 Å². The molecule has 0 radical (unpaired) electrons. The van der Waals surface area contributed by atoms with E-state index in [9.17, 15) is 18.4 Å². The number of esters is 2. The van der Waals surface area contributed by atoms with Crippen LogP contribution in [0.3, 0.4) is 0 Å². The predicted molar refractivity (Wildman–Crippen MR) is 109 cm³/mol. The Morgan fingerprint density at radius 3 is 1.50 bits per heavy atom. The smallest absolute Gasteiger partial charge is 0.335 e. The molecule has 3 rings (SSSR count). The van der Waals surface area contributed by atoms with Gasteiger partial charge in [-0.1, -0.05) is 31.4 Å². The highest BCUT2D eigenvalue weighted by atomic mass is 19.1. The summed E-state index contributed by atoms with van der Waals surface area (Å²) in [7, 11) is 0. The lowest BCUT2D eigenvalue weighted by molar-refractivity contribution is -0.129. The van der Waals surface area contributed by atoms with Crippen molar-refractivity contribution in [1.82, 2.24) is 0 Å². The molecule has 150 valence electrons. The molecule has 0 spiro atoms. The first-order valence-corrected chi connectivity index (χ1v) is 8.79. The SMILES string of the molecule is C=CC(=O)Oc1ccc(-c2cccc(-c3ccc(OC(=O)C=C)cc3F)c2)c(F)c1. The molecule has 0 saturated heterocycles. The molecule has 0 amide bonds. The number of carbonyl (C=O) groups excluding carboxylic acids is 2. The maximum absolute atomic E-state index is 14.6. The van der Waals surface area contributed by atoms with E-state index in [-0.39, 0.29) is 22.6 Å². The molecule has 0 aliphatic rings. The van der Waals surface area contributed by atoms with Crippen molar-refractivity contribution in [1.29, 1.82) is 0 Å². The van der Waals surface area contributed by atoms with Gasteiger partial charge in [0.25, 0.3) is 0 Å². The number of benzene rings is 3. The molecule has 3 aromatic rings. The van der Waals surface area contributed by atoms with E-state index in [1.165, 1.54) is 24.3 Å². The highest BCUT2D eigenvalue weighted by molar-refractivity contribution is 5.84. The molecule has 0 aliphatic carbocycles. The van der Waals surface area contributed by atoms with E-state index in [4.69, 9.17) is 9.47 Å². The molecular weight excluding hydrogens is 390 g/mol. The summed E-state index contributed by atoms with van der Waals surface area (Å²) in [4.78, 5) is 22.5. The van der Waals surface area contributed by atoms with Crippen molar-refractivity contribution in [3.8, 4) is 33.8 Å². The minimum Gasteiger partial charge on any atom is -0.423 e. The molecule has 3 aromatic carbocycles. The van der Waals surface area contributed by atoms with E-state index < -0.39 is 23.6 Å². The molecule has 4 nitrogen and oxygen atoms in total. The lowest BCUT2D eigenvalue weighted by Crippen LogP contribution is -2.03. The molecule has 0 atom stereocenters. The first-order valence-electron chi connectivity index (χ1n) is 8.79. The van der Waals surface area contributed by atoms with Crippen molar-refractivity contribution in [3.63, 3.8) is 0 Å². The van der Waals surface area contributed by atoms with E-state index in [0.717, 1.165) is 24.3 Å². The van der Waals surface area contributed by atoms with Gasteiger partial charge in [0.05, 0.1) is 0 Å². The van der Waals surface area contributed by atoms with Crippen molar-refractivity contribution >= 4 is 11.9 Å². The highest BCUT2D eigenvalue weighted by Crippen LogP contribution is 2.32. The summed E-state index contributed by atoms with van der Waals surface area (Å²) in [5.74, 6) is -2.49. The minimum absolute atomic E-state index is 0.0491. The number of hydrogen-bond donors (Lipinski definition) is 0. The fourth-order valence-corrected chi connectivity index (χ4v) is 2.76. The molecule has 0 heterocycles. The normalized spacial score (nSPS) is 10.2. The monoisotopic (exact) mass is 406 g/mol. The molecule has 0 saturated carbocycles. The van der Waals surface area contributed by atoms with Gasteiger partial charge in [-0.05, 0) is 41.5 Å². The largest absolute Gasteiger partial charge is 0.423 e. The Morgan fingerprint density at radius 2 is 1.13 bits per heavy atom. The molecule has 0 N–H and O–H groups in total. The molecule has 0 aromatic heterocycles.